The van der Waals surface area contributed by atoms with E-state index in [0.717, 1.165) is 19.3 Å². The molecule has 0 saturated heterocycles. The summed E-state index contributed by atoms with van der Waals surface area (Å²) in [7, 11) is 0. The Hall–Kier alpha value is -2.44. The van der Waals surface area contributed by atoms with E-state index in [-0.39, 0.29) is 23.2 Å². The average molecular weight is 362 g/mol. The van der Waals surface area contributed by atoms with Crippen LogP contribution in [0.15, 0.2) is 18.2 Å². The Morgan fingerprint density at radius 2 is 2.00 bits per heavy atom. The van der Waals surface area contributed by atoms with Crippen molar-refractivity contribution in [3.63, 3.8) is 0 Å². The van der Waals surface area contributed by atoms with E-state index in [2.05, 4.69) is 19.2 Å². The number of nitro groups is 1. The summed E-state index contributed by atoms with van der Waals surface area (Å²) in [5, 5.41) is 14.0. The molecule has 1 N–H and O–H groups in total. The minimum atomic E-state index is -0.965. The minimum Gasteiger partial charge on any atom is -0.449 e. The van der Waals surface area contributed by atoms with Gasteiger partial charge in [0.2, 0.25) is 0 Å². The van der Waals surface area contributed by atoms with Crippen LogP contribution in [0.2, 0.25) is 0 Å². The molecule has 1 aromatic carbocycles. The summed E-state index contributed by atoms with van der Waals surface area (Å²) in [5.41, 5.74) is 0.362. The molecule has 0 bridgehead atoms. The smallest absolute Gasteiger partial charge is 0.339 e. The largest absolute Gasteiger partial charge is 0.449 e. The highest BCUT2D eigenvalue weighted by atomic mass is 16.6. The molecule has 0 spiro atoms. The van der Waals surface area contributed by atoms with Crippen molar-refractivity contribution in [3.8, 4) is 0 Å². The topological polar surface area (TPSA) is 98.5 Å². The van der Waals surface area contributed by atoms with Gasteiger partial charge in [0, 0.05) is 17.7 Å². The summed E-state index contributed by atoms with van der Waals surface area (Å²) >= 11 is 0. The van der Waals surface area contributed by atoms with Crippen molar-refractivity contribution >= 4 is 17.6 Å². The fourth-order valence-corrected chi connectivity index (χ4v) is 3.30. The molecule has 0 radical (unpaired) electrons. The molecule has 1 aromatic rings. The zero-order valence-electron chi connectivity index (χ0n) is 15.7. The van der Waals surface area contributed by atoms with Crippen molar-refractivity contribution < 1.29 is 19.2 Å². The Bertz CT molecular complexity index is 703. The molecule has 142 valence electrons. The SMILES string of the molecule is Cc1ccc(C(=O)O[C@H](C)C(=O)N[C@H]2CCC[C@H](C)[C@@H]2C)cc1[N+](=O)[O-]. The van der Waals surface area contributed by atoms with Gasteiger partial charge in [0.1, 0.15) is 0 Å². The maximum atomic E-state index is 12.4. The highest BCUT2D eigenvalue weighted by Crippen LogP contribution is 2.29. The van der Waals surface area contributed by atoms with E-state index in [9.17, 15) is 19.7 Å². The summed E-state index contributed by atoms with van der Waals surface area (Å²) in [6.07, 6.45) is 2.18. The number of nitro benzene ring substituents is 1. The average Bonchev–Trinajstić information content (AvgIpc) is 2.58. The maximum absolute atomic E-state index is 12.4. The van der Waals surface area contributed by atoms with Crippen molar-refractivity contribution in [1.29, 1.82) is 0 Å². The number of nitrogens with zero attached hydrogens (tertiary/aromatic N) is 1. The van der Waals surface area contributed by atoms with Crippen LogP contribution in [0.4, 0.5) is 5.69 Å². The predicted molar refractivity (Wildman–Crippen MR) is 96.8 cm³/mol. The van der Waals surface area contributed by atoms with Gasteiger partial charge in [-0.05, 0) is 38.2 Å². The van der Waals surface area contributed by atoms with Crippen molar-refractivity contribution in [1.82, 2.24) is 5.32 Å². The molecular formula is C19H26N2O5. The fraction of sp³-hybridized carbons (Fsp3) is 0.579. The molecule has 0 aliphatic heterocycles. The third-order valence-electron chi connectivity index (χ3n) is 5.33. The lowest BCUT2D eigenvalue weighted by Crippen LogP contribution is -2.47. The molecule has 7 nitrogen and oxygen atoms in total. The number of hydrogen-bond donors (Lipinski definition) is 1. The lowest BCUT2D eigenvalue weighted by molar-refractivity contribution is -0.385. The van der Waals surface area contributed by atoms with Crippen molar-refractivity contribution in [2.24, 2.45) is 11.8 Å². The summed E-state index contributed by atoms with van der Waals surface area (Å²) < 4.78 is 5.20. The van der Waals surface area contributed by atoms with Crippen LogP contribution in [-0.2, 0) is 9.53 Å². The molecule has 26 heavy (non-hydrogen) atoms. The highest BCUT2D eigenvalue weighted by Gasteiger charge is 2.30. The molecule has 1 amide bonds. The van der Waals surface area contributed by atoms with Crippen LogP contribution >= 0.6 is 0 Å². The summed E-state index contributed by atoms with van der Waals surface area (Å²) in [5.74, 6) is -0.179. The van der Waals surface area contributed by atoms with E-state index in [0.29, 0.717) is 17.4 Å². The van der Waals surface area contributed by atoms with E-state index < -0.39 is 17.0 Å². The zero-order chi connectivity index (χ0) is 19.4. The number of nitrogens with one attached hydrogen (secondary N) is 1. The lowest BCUT2D eigenvalue weighted by Gasteiger charge is -2.35. The second-order valence-electron chi connectivity index (χ2n) is 7.19. The summed E-state index contributed by atoms with van der Waals surface area (Å²) in [4.78, 5) is 35.0. The number of benzene rings is 1. The van der Waals surface area contributed by atoms with Gasteiger partial charge in [-0.1, -0.05) is 32.8 Å². The molecule has 0 unspecified atom stereocenters. The number of rotatable bonds is 5. The lowest BCUT2D eigenvalue weighted by atomic mass is 9.78. The van der Waals surface area contributed by atoms with Crippen LogP contribution in [0, 0.1) is 28.9 Å². The van der Waals surface area contributed by atoms with Crippen LogP contribution in [0.1, 0.15) is 56.0 Å². The van der Waals surface area contributed by atoms with Gasteiger partial charge in [-0.15, -0.1) is 0 Å². The van der Waals surface area contributed by atoms with E-state index in [1.165, 1.54) is 25.1 Å². The monoisotopic (exact) mass is 362 g/mol. The molecule has 1 aliphatic carbocycles. The first-order valence-corrected chi connectivity index (χ1v) is 8.97. The van der Waals surface area contributed by atoms with Gasteiger partial charge in [0.15, 0.2) is 6.10 Å². The molecular weight excluding hydrogens is 336 g/mol. The second-order valence-corrected chi connectivity index (χ2v) is 7.19. The minimum absolute atomic E-state index is 0.0570. The zero-order valence-corrected chi connectivity index (χ0v) is 15.7. The third kappa shape index (κ3) is 4.59. The van der Waals surface area contributed by atoms with Crippen LogP contribution in [0.25, 0.3) is 0 Å². The van der Waals surface area contributed by atoms with E-state index in [1.54, 1.807) is 6.92 Å². The molecule has 0 aromatic heterocycles. The van der Waals surface area contributed by atoms with E-state index in [4.69, 9.17) is 4.74 Å². The number of esters is 1. The normalized spacial score (nSPS) is 23.8. The number of carbonyl (C=O) groups is 2. The highest BCUT2D eigenvalue weighted by molar-refractivity contribution is 5.93. The van der Waals surface area contributed by atoms with Gasteiger partial charge in [0.25, 0.3) is 11.6 Å². The quantitative estimate of drug-likeness (QED) is 0.492. The van der Waals surface area contributed by atoms with Gasteiger partial charge in [-0.2, -0.15) is 0 Å². The molecule has 0 heterocycles. The molecule has 1 saturated carbocycles. The first kappa shape index (κ1) is 19.9. The number of hydrogen-bond acceptors (Lipinski definition) is 5. The standard InChI is InChI=1S/C19H26N2O5/c1-11-6-5-7-16(13(11)3)20-18(22)14(4)26-19(23)15-9-8-12(2)17(10-15)21(24)25/h8-11,13-14,16H,5-7H2,1-4H3,(H,20,22)/t11-,13-,14+,16-/m0/s1. The van der Waals surface area contributed by atoms with Crippen LogP contribution in [0.5, 0.6) is 0 Å². The van der Waals surface area contributed by atoms with Gasteiger partial charge in [-0.25, -0.2) is 4.79 Å². The van der Waals surface area contributed by atoms with Crippen molar-refractivity contribution in [3.05, 3.63) is 39.4 Å². The Labute approximate surface area is 153 Å². The summed E-state index contributed by atoms with van der Waals surface area (Å²) in [6.45, 7) is 7.40. The Morgan fingerprint density at radius 1 is 1.31 bits per heavy atom. The molecule has 1 aliphatic rings. The summed E-state index contributed by atoms with van der Waals surface area (Å²) in [6, 6.07) is 4.20. The first-order chi connectivity index (χ1) is 12.2. The van der Waals surface area contributed by atoms with E-state index >= 15 is 0 Å². The molecule has 2 rings (SSSR count). The molecule has 7 heteroatoms. The van der Waals surface area contributed by atoms with Gasteiger partial charge in [-0.3, -0.25) is 14.9 Å². The Kier molecular flexibility index (Phi) is 6.34. The van der Waals surface area contributed by atoms with Gasteiger partial charge >= 0.3 is 5.97 Å². The van der Waals surface area contributed by atoms with Crippen molar-refractivity contribution in [2.45, 2.75) is 59.1 Å². The van der Waals surface area contributed by atoms with Gasteiger partial charge in [0.05, 0.1) is 10.5 Å². The number of amides is 1. The second kappa shape index (κ2) is 8.29. The number of ether oxygens (including phenoxy) is 1. The first-order valence-electron chi connectivity index (χ1n) is 8.97. The van der Waals surface area contributed by atoms with Crippen molar-refractivity contribution in [2.75, 3.05) is 0 Å². The Morgan fingerprint density at radius 3 is 2.65 bits per heavy atom. The van der Waals surface area contributed by atoms with Gasteiger partial charge < -0.3 is 10.1 Å². The maximum Gasteiger partial charge on any atom is 0.339 e. The fourth-order valence-electron chi connectivity index (χ4n) is 3.30. The number of aryl methyl sites for hydroxylation is 1. The van der Waals surface area contributed by atoms with Crippen LogP contribution < -0.4 is 5.32 Å². The predicted octanol–water partition coefficient (Wildman–Crippen LogP) is 3.39. The Balaban J connectivity index is 1.99. The molecule has 1 fully saturated rings. The van der Waals surface area contributed by atoms with Crippen LogP contribution in [0.3, 0.4) is 0 Å². The third-order valence-corrected chi connectivity index (χ3v) is 5.33. The number of carbonyl (C=O) groups excluding carboxylic acids is 2. The van der Waals surface area contributed by atoms with E-state index in [1.807, 2.05) is 0 Å². The van der Waals surface area contributed by atoms with Crippen LogP contribution in [-0.4, -0.2) is 28.9 Å². The molecule has 4 atom stereocenters.